The molecule has 0 spiro atoms. The van der Waals surface area contributed by atoms with Gasteiger partial charge in [0.1, 0.15) is 22.5 Å². The number of ether oxygens (including phenoxy) is 1. The van der Waals surface area contributed by atoms with Gasteiger partial charge in [0.25, 0.3) is 0 Å². The van der Waals surface area contributed by atoms with Crippen molar-refractivity contribution in [1.82, 2.24) is 34.9 Å². The topological polar surface area (TPSA) is 96.3 Å². The first-order valence-electron chi connectivity index (χ1n) is 11.2. The van der Waals surface area contributed by atoms with Gasteiger partial charge in [0, 0.05) is 59.6 Å². The first-order chi connectivity index (χ1) is 15.5. The minimum atomic E-state index is 0.581. The molecule has 172 valence electrons. The number of pyridine rings is 1. The summed E-state index contributed by atoms with van der Waals surface area (Å²) in [4.78, 5) is 18.5. The molecule has 2 N–H and O–H groups in total. The Morgan fingerprint density at radius 2 is 2.03 bits per heavy atom. The van der Waals surface area contributed by atoms with Gasteiger partial charge in [-0.3, -0.25) is 9.58 Å². The third-order valence-corrected chi connectivity index (χ3v) is 5.44. The van der Waals surface area contributed by atoms with Crippen LogP contribution in [0.2, 0.25) is 0 Å². The summed E-state index contributed by atoms with van der Waals surface area (Å²) in [7, 11) is 3.90. The van der Waals surface area contributed by atoms with E-state index in [1.54, 1.807) is 6.20 Å². The van der Waals surface area contributed by atoms with E-state index in [0.29, 0.717) is 31.5 Å². The Hall–Kier alpha value is -2.82. The average Bonchev–Trinajstić information content (AvgIpc) is 3.12. The molecule has 1 fully saturated rings. The van der Waals surface area contributed by atoms with Crippen molar-refractivity contribution in [1.29, 1.82) is 0 Å². The van der Waals surface area contributed by atoms with E-state index in [2.05, 4.69) is 20.5 Å². The Morgan fingerprint density at radius 3 is 2.75 bits per heavy atom. The maximum atomic E-state index is 5.62. The van der Waals surface area contributed by atoms with E-state index in [-0.39, 0.29) is 0 Å². The van der Waals surface area contributed by atoms with Gasteiger partial charge in [-0.25, -0.2) is 9.97 Å². The zero-order valence-electron chi connectivity index (χ0n) is 19.4. The maximum absolute atomic E-state index is 5.62. The molecule has 0 atom stereocenters. The van der Waals surface area contributed by atoms with Crippen LogP contribution in [0.4, 0.5) is 17.6 Å². The van der Waals surface area contributed by atoms with E-state index in [9.17, 15) is 0 Å². The number of nitrogens with zero attached hydrogens (tertiary/aromatic N) is 7. The fraction of sp³-hybridized carbons (Fsp3) is 0.545. The summed E-state index contributed by atoms with van der Waals surface area (Å²) in [5, 5.41) is 11.8. The Morgan fingerprint density at radius 1 is 1.22 bits per heavy atom. The summed E-state index contributed by atoms with van der Waals surface area (Å²) in [5.41, 5.74) is 3.84. The van der Waals surface area contributed by atoms with Crippen molar-refractivity contribution in [2.45, 2.75) is 26.9 Å². The smallest absolute Gasteiger partial charge is 0.227 e. The van der Waals surface area contributed by atoms with Crippen LogP contribution < -0.4 is 15.5 Å². The molecule has 0 amide bonds. The number of aryl methyl sites for hydroxylation is 1. The van der Waals surface area contributed by atoms with Gasteiger partial charge in [-0.15, -0.1) is 0 Å². The molecule has 3 aromatic heterocycles. The monoisotopic (exact) mass is 439 g/mol. The normalized spacial score (nSPS) is 14.8. The van der Waals surface area contributed by atoms with Gasteiger partial charge in [0.15, 0.2) is 5.82 Å². The van der Waals surface area contributed by atoms with Crippen LogP contribution in [0.1, 0.15) is 18.2 Å². The van der Waals surface area contributed by atoms with E-state index in [1.807, 2.05) is 49.7 Å². The molecule has 0 saturated carbocycles. The van der Waals surface area contributed by atoms with Crippen molar-refractivity contribution in [3.8, 4) is 0 Å². The number of piperazine rings is 1. The van der Waals surface area contributed by atoms with E-state index >= 15 is 0 Å². The van der Waals surface area contributed by atoms with Gasteiger partial charge < -0.3 is 20.3 Å². The minimum absolute atomic E-state index is 0.581. The highest BCUT2D eigenvalue weighted by atomic mass is 16.5. The molecule has 1 aliphatic rings. The second-order valence-electron chi connectivity index (χ2n) is 8.20. The molecule has 0 aliphatic carbocycles. The van der Waals surface area contributed by atoms with Crippen LogP contribution in [0.5, 0.6) is 0 Å². The quantitative estimate of drug-likeness (QED) is 0.484. The SMILES string of the molecule is CCOCCn1nc(CN2CCNCC2)c2nc(N(C)C)nc(Nc3cc(C)ccn3)c21. The van der Waals surface area contributed by atoms with Crippen LogP contribution in [0, 0.1) is 6.92 Å². The van der Waals surface area contributed by atoms with Crippen LogP contribution in [-0.2, 0) is 17.8 Å². The highest BCUT2D eigenvalue weighted by Crippen LogP contribution is 2.29. The van der Waals surface area contributed by atoms with E-state index in [0.717, 1.165) is 60.8 Å². The molecular weight excluding hydrogens is 406 g/mol. The Kier molecular flexibility index (Phi) is 7.13. The van der Waals surface area contributed by atoms with E-state index in [4.69, 9.17) is 19.8 Å². The summed E-state index contributed by atoms with van der Waals surface area (Å²) in [6, 6.07) is 3.98. The number of fused-ring (bicyclic) bond motifs is 1. The predicted molar refractivity (Wildman–Crippen MR) is 127 cm³/mol. The fourth-order valence-electron chi connectivity index (χ4n) is 3.79. The van der Waals surface area contributed by atoms with E-state index in [1.165, 1.54) is 0 Å². The van der Waals surface area contributed by atoms with Crippen molar-refractivity contribution in [3.63, 3.8) is 0 Å². The van der Waals surface area contributed by atoms with Gasteiger partial charge in [-0.2, -0.15) is 10.1 Å². The lowest BCUT2D eigenvalue weighted by Gasteiger charge is -2.26. The van der Waals surface area contributed by atoms with Gasteiger partial charge in [-0.05, 0) is 31.5 Å². The summed E-state index contributed by atoms with van der Waals surface area (Å²) >= 11 is 0. The first kappa shape index (κ1) is 22.4. The van der Waals surface area contributed by atoms with Crippen molar-refractivity contribution in [3.05, 3.63) is 29.6 Å². The first-order valence-corrected chi connectivity index (χ1v) is 11.2. The molecule has 3 aromatic rings. The van der Waals surface area contributed by atoms with Crippen molar-refractivity contribution >= 4 is 28.6 Å². The Bertz CT molecular complexity index is 1040. The van der Waals surface area contributed by atoms with Crippen molar-refractivity contribution < 1.29 is 4.74 Å². The molecular formula is C22H33N9O. The fourth-order valence-corrected chi connectivity index (χ4v) is 3.79. The van der Waals surface area contributed by atoms with E-state index < -0.39 is 0 Å². The van der Waals surface area contributed by atoms with Gasteiger partial charge >= 0.3 is 0 Å². The van der Waals surface area contributed by atoms with Crippen LogP contribution in [0.3, 0.4) is 0 Å². The van der Waals surface area contributed by atoms with Crippen molar-refractivity contribution in [2.75, 3.05) is 63.7 Å². The standard InChI is InChI=1S/C22H33N9O/c1-5-32-13-12-31-20-19(17(28-31)15-30-10-8-23-9-11-30)26-22(29(3)4)27-21(20)25-18-14-16(2)6-7-24-18/h6-7,14,23H,5,8-13,15H2,1-4H3,(H,24,25,26,27). The number of hydrogen-bond acceptors (Lipinski definition) is 9. The number of rotatable bonds is 9. The molecule has 1 aliphatic heterocycles. The molecule has 1 saturated heterocycles. The molecule has 0 radical (unpaired) electrons. The molecule has 0 unspecified atom stereocenters. The number of anilines is 3. The largest absolute Gasteiger partial charge is 0.380 e. The van der Waals surface area contributed by atoms with Crippen LogP contribution in [0.25, 0.3) is 11.0 Å². The van der Waals surface area contributed by atoms with Crippen LogP contribution >= 0.6 is 0 Å². The highest BCUT2D eigenvalue weighted by Gasteiger charge is 2.22. The third-order valence-electron chi connectivity index (χ3n) is 5.44. The number of nitrogens with one attached hydrogen (secondary N) is 2. The lowest BCUT2D eigenvalue weighted by molar-refractivity contribution is 0.137. The third kappa shape index (κ3) is 5.14. The molecule has 4 rings (SSSR count). The summed E-state index contributed by atoms with van der Waals surface area (Å²) in [6.45, 7) is 10.7. The Labute approximate surface area is 189 Å². The Balaban J connectivity index is 1.79. The predicted octanol–water partition coefficient (Wildman–Crippen LogP) is 1.78. The van der Waals surface area contributed by atoms with Gasteiger partial charge in [0.05, 0.1) is 13.2 Å². The maximum Gasteiger partial charge on any atom is 0.227 e. The van der Waals surface area contributed by atoms with Crippen LogP contribution in [0.15, 0.2) is 18.3 Å². The van der Waals surface area contributed by atoms with Crippen LogP contribution in [-0.4, -0.2) is 83.1 Å². The summed E-state index contributed by atoms with van der Waals surface area (Å²) in [6.07, 6.45) is 1.80. The van der Waals surface area contributed by atoms with Gasteiger partial charge in [-0.1, -0.05) is 0 Å². The molecule has 0 aromatic carbocycles. The second-order valence-corrected chi connectivity index (χ2v) is 8.20. The minimum Gasteiger partial charge on any atom is -0.380 e. The number of hydrogen-bond donors (Lipinski definition) is 2. The molecule has 0 bridgehead atoms. The van der Waals surface area contributed by atoms with Crippen molar-refractivity contribution in [2.24, 2.45) is 0 Å². The van der Waals surface area contributed by atoms with Gasteiger partial charge in [0.2, 0.25) is 5.95 Å². The molecule has 10 heteroatoms. The number of aromatic nitrogens is 5. The molecule has 10 nitrogen and oxygen atoms in total. The lowest BCUT2D eigenvalue weighted by Crippen LogP contribution is -2.43. The zero-order valence-corrected chi connectivity index (χ0v) is 19.4. The molecule has 4 heterocycles. The zero-order chi connectivity index (χ0) is 22.5. The highest BCUT2D eigenvalue weighted by molar-refractivity contribution is 5.90. The average molecular weight is 440 g/mol. The molecule has 32 heavy (non-hydrogen) atoms. The summed E-state index contributed by atoms with van der Waals surface area (Å²) < 4.78 is 7.59. The summed E-state index contributed by atoms with van der Waals surface area (Å²) in [5.74, 6) is 2.09. The second kappa shape index (κ2) is 10.2. The lowest BCUT2D eigenvalue weighted by atomic mass is 10.2.